The van der Waals surface area contributed by atoms with Crippen LogP contribution in [0.3, 0.4) is 0 Å². The summed E-state index contributed by atoms with van der Waals surface area (Å²) in [6.07, 6.45) is 4.32. The summed E-state index contributed by atoms with van der Waals surface area (Å²) in [5, 5.41) is 10.7. The molecule has 0 atom stereocenters. The largest absolute Gasteiger partial charge is 0.399 e. The van der Waals surface area contributed by atoms with Crippen LogP contribution in [-0.2, 0) is 22.4 Å². The topological polar surface area (TPSA) is 110 Å². The van der Waals surface area contributed by atoms with Crippen molar-refractivity contribution in [3.05, 3.63) is 57.6 Å². The molecule has 0 saturated carbocycles. The number of nitro groups is 1. The van der Waals surface area contributed by atoms with Gasteiger partial charge in [-0.3, -0.25) is 19.7 Å². The van der Waals surface area contributed by atoms with E-state index in [4.69, 9.17) is 5.73 Å². The Labute approximate surface area is 188 Å². The molecule has 2 amide bonds. The van der Waals surface area contributed by atoms with Crippen LogP contribution in [0.4, 0.5) is 22.7 Å². The van der Waals surface area contributed by atoms with Crippen LogP contribution < -0.4 is 15.5 Å². The van der Waals surface area contributed by atoms with E-state index in [1.165, 1.54) is 11.6 Å². The van der Waals surface area contributed by atoms with Crippen LogP contribution in [0, 0.1) is 10.1 Å². The van der Waals surface area contributed by atoms with E-state index in [1.54, 1.807) is 17.0 Å². The average Bonchev–Trinajstić information content (AvgIpc) is 2.78. The number of nitrogens with zero attached hydrogens (tertiary/aromatic N) is 3. The first kappa shape index (κ1) is 23.2. The van der Waals surface area contributed by atoms with E-state index in [2.05, 4.69) is 6.92 Å². The van der Waals surface area contributed by atoms with Gasteiger partial charge in [0, 0.05) is 55.1 Å². The van der Waals surface area contributed by atoms with E-state index in [-0.39, 0.29) is 17.5 Å². The molecule has 8 heteroatoms. The number of non-ortho nitro benzene ring substituents is 1. The normalized spacial score (nSPS) is 14.9. The first-order chi connectivity index (χ1) is 15.3. The molecule has 0 bridgehead atoms. The van der Waals surface area contributed by atoms with E-state index < -0.39 is 4.92 Å². The summed E-state index contributed by atoms with van der Waals surface area (Å²) in [5.41, 5.74) is 10.6. The predicted octanol–water partition coefficient (Wildman–Crippen LogP) is 4.24. The Morgan fingerprint density at radius 3 is 1.84 bits per heavy atom. The third kappa shape index (κ3) is 5.07. The number of amides is 2. The second kappa shape index (κ2) is 10.3. The lowest BCUT2D eigenvalue weighted by Crippen LogP contribution is -2.35. The molecule has 8 nitrogen and oxygen atoms in total. The number of carbonyl (C=O) groups excluding carboxylic acids is 2. The molecule has 2 aliphatic heterocycles. The van der Waals surface area contributed by atoms with E-state index in [1.807, 2.05) is 30.0 Å². The van der Waals surface area contributed by atoms with Gasteiger partial charge in [0.2, 0.25) is 11.8 Å². The molecule has 0 radical (unpaired) electrons. The molecule has 0 aliphatic carbocycles. The van der Waals surface area contributed by atoms with Gasteiger partial charge in [0.25, 0.3) is 5.69 Å². The number of aryl methyl sites for hydroxylation is 2. The van der Waals surface area contributed by atoms with Gasteiger partial charge in [0.15, 0.2) is 0 Å². The van der Waals surface area contributed by atoms with Crippen LogP contribution in [0.5, 0.6) is 0 Å². The van der Waals surface area contributed by atoms with Crippen molar-refractivity contribution in [3.63, 3.8) is 0 Å². The van der Waals surface area contributed by atoms with E-state index in [9.17, 15) is 19.7 Å². The Balaban J connectivity index is 0.000000182. The molecule has 2 aliphatic rings. The maximum atomic E-state index is 11.8. The molecular weight excluding hydrogens is 408 g/mol. The average molecular weight is 439 g/mol. The predicted molar refractivity (Wildman–Crippen MR) is 126 cm³/mol. The van der Waals surface area contributed by atoms with Crippen molar-refractivity contribution in [3.8, 4) is 0 Å². The molecule has 0 fully saturated rings. The van der Waals surface area contributed by atoms with E-state index in [0.29, 0.717) is 25.8 Å². The Morgan fingerprint density at radius 1 is 0.844 bits per heavy atom. The quantitative estimate of drug-likeness (QED) is 0.426. The molecule has 0 aromatic heterocycles. The third-order valence-electron chi connectivity index (χ3n) is 5.67. The van der Waals surface area contributed by atoms with Gasteiger partial charge in [-0.1, -0.05) is 13.8 Å². The summed E-state index contributed by atoms with van der Waals surface area (Å²) < 4.78 is 0. The zero-order valence-electron chi connectivity index (χ0n) is 18.7. The van der Waals surface area contributed by atoms with E-state index in [0.717, 1.165) is 48.4 Å². The zero-order valence-corrected chi connectivity index (χ0v) is 18.7. The van der Waals surface area contributed by atoms with Crippen molar-refractivity contribution in [2.24, 2.45) is 0 Å². The lowest BCUT2D eigenvalue weighted by Gasteiger charge is -2.29. The number of fused-ring (bicyclic) bond motifs is 2. The van der Waals surface area contributed by atoms with Crippen molar-refractivity contribution in [2.45, 2.75) is 52.4 Å². The van der Waals surface area contributed by atoms with Crippen LogP contribution >= 0.6 is 0 Å². The minimum absolute atomic E-state index is 0.0922. The number of nitro benzene ring substituents is 1. The third-order valence-corrected chi connectivity index (χ3v) is 5.67. The number of rotatable bonds is 5. The summed E-state index contributed by atoms with van der Waals surface area (Å²) in [5.74, 6) is 0.335. The lowest BCUT2D eigenvalue weighted by atomic mass is 10.0. The molecule has 2 N–H and O–H groups in total. The van der Waals surface area contributed by atoms with Crippen LogP contribution in [0.1, 0.15) is 50.7 Å². The van der Waals surface area contributed by atoms with Crippen LogP contribution in [0.25, 0.3) is 0 Å². The highest BCUT2D eigenvalue weighted by molar-refractivity contribution is 5.97. The van der Waals surface area contributed by atoms with Crippen LogP contribution in [-0.4, -0.2) is 29.8 Å². The standard InChI is InChI=1S/C12H14N2O3.C12H16N2O/c1-2-7-13-11-5-4-10(14(16)17)8-9(11)3-6-12(13)15;1-2-7-14-11-5-4-10(13)8-9(11)3-6-12(14)15/h4-5,8H,2-3,6-7H2,1H3;4-5,8H,2-3,6-7,13H2,1H3. The van der Waals surface area contributed by atoms with Gasteiger partial charge in [-0.25, -0.2) is 0 Å². The Hall–Kier alpha value is -3.42. The molecular formula is C24H30N4O4. The van der Waals surface area contributed by atoms with Crippen molar-refractivity contribution in [1.82, 2.24) is 0 Å². The van der Waals surface area contributed by atoms with Crippen molar-refractivity contribution >= 4 is 34.6 Å². The Morgan fingerprint density at radius 2 is 1.34 bits per heavy atom. The summed E-state index contributed by atoms with van der Waals surface area (Å²) in [6, 6.07) is 10.5. The smallest absolute Gasteiger partial charge is 0.269 e. The van der Waals surface area contributed by atoms with Crippen molar-refractivity contribution in [1.29, 1.82) is 0 Å². The lowest BCUT2D eigenvalue weighted by molar-refractivity contribution is -0.384. The minimum Gasteiger partial charge on any atom is -0.399 e. The molecule has 4 rings (SSSR count). The van der Waals surface area contributed by atoms with E-state index >= 15 is 0 Å². The zero-order chi connectivity index (χ0) is 23.3. The fourth-order valence-electron chi connectivity index (χ4n) is 4.18. The number of hydrogen-bond donors (Lipinski definition) is 1. The number of carbonyl (C=O) groups is 2. The maximum Gasteiger partial charge on any atom is 0.269 e. The number of anilines is 3. The van der Waals surface area contributed by atoms with Gasteiger partial charge in [-0.05, 0) is 61.1 Å². The molecule has 0 spiro atoms. The fourth-order valence-corrected chi connectivity index (χ4v) is 4.18. The van der Waals surface area contributed by atoms with Gasteiger partial charge in [0.05, 0.1) is 4.92 Å². The summed E-state index contributed by atoms with van der Waals surface area (Å²) in [7, 11) is 0. The molecule has 0 unspecified atom stereocenters. The second-order valence-electron chi connectivity index (χ2n) is 8.05. The number of hydrogen-bond acceptors (Lipinski definition) is 5. The summed E-state index contributed by atoms with van der Waals surface area (Å²) in [4.78, 5) is 37.4. The van der Waals surface area contributed by atoms with Gasteiger partial charge in [-0.2, -0.15) is 0 Å². The van der Waals surface area contributed by atoms with Gasteiger partial charge < -0.3 is 15.5 Å². The highest BCUT2D eigenvalue weighted by Crippen LogP contribution is 2.31. The number of nitrogens with two attached hydrogens (primary N) is 1. The molecule has 32 heavy (non-hydrogen) atoms. The van der Waals surface area contributed by atoms with Crippen LogP contribution in [0.15, 0.2) is 36.4 Å². The highest BCUT2D eigenvalue weighted by Gasteiger charge is 2.25. The summed E-state index contributed by atoms with van der Waals surface area (Å²) in [6.45, 7) is 5.56. The number of nitrogen functional groups attached to an aromatic ring is 1. The second-order valence-corrected chi connectivity index (χ2v) is 8.05. The fraction of sp³-hybridized carbons (Fsp3) is 0.417. The Kier molecular flexibility index (Phi) is 7.45. The molecule has 170 valence electrons. The van der Waals surface area contributed by atoms with Gasteiger partial charge >= 0.3 is 0 Å². The van der Waals surface area contributed by atoms with Gasteiger partial charge in [0.1, 0.15) is 0 Å². The molecule has 2 aromatic rings. The highest BCUT2D eigenvalue weighted by atomic mass is 16.6. The van der Waals surface area contributed by atoms with Crippen LogP contribution in [0.2, 0.25) is 0 Å². The molecule has 2 heterocycles. The molecule has 2 aromatic carbocycles. The first-order valence-corrected chi connectivity index (χ1v) is 11.1. The number of benzene rings is 2. The summed E-state index contributed by atoms with van der Waals surface area (Å²) >= 11 is 0. The first-order valence-electron chi connectivity index (χ1n) is 11.1. The van der Waals surface area contributed by atoms with Gasteiger partial charge in [-0.15, -0.1) is 0 Å². The molecule has 0 saturated heterocycles. The van der Waals surface area contributed by atoms with Crippen molar-refractivity contribution < 1.29 is 14.5 Å². The monoisotopic (exact) mass is 438 g/mol. The minimum atomic E-state index is -0.402. The SMILES string of the molecule is CCCN1C(=O)CCc2cc(N)ccc21.CCCN1C(=O)CCc2cc([N+](=O)[O-])ccc21. The van der Waals surface area contributed by atoms with Crippen molar-refractivity contribution in [2.75, 3.05) is 28.6 Å². The Bertz CT molecular complexity index is 1020. The maximum absolute atomic E-state index is 11.8.